The molecule has 4 aromatic rings. The smallest absolute Gasteiger partial charge is 0.341 e. The van der Waals surface area contributed by atoms with Crippen molar-refractivity contribution in [1.29, 1.82) is 0 Å². The highest BCUT2D eigenvalue weighted by molar-refractivity contribution is 9.10. The van der Waals surface area contributed by atoms with Crippen LogP contribution in [-0.4, -0.2) is 50.1 Å². The third-order valence-electron chi connectivity index (χ3n) is 7.79. The zero-order chi connectivity index (χ0) is 32.1. The van der Waals surface area contributed by atoms with Crippen LogP contribution in [0.5, 0.6) is 11.5 Å². The predicted octanol–water partition coefficient (Wildman–Crippen LogP) is 8.44. The average Bonchev–Trinajstić information content (AvgIpc) is 3.30. The number of rotatable bonds is 12. The molecule has 0 saturated heterocycles. The molecule has 0 spiro atoms. The van der Waals surface area contributed by atoms with Gasteiger partial charge >= 0.3 is 11.9 Å². The molecule has 0 saturated carbocycles. The normalized spacial score (nSPS) is 12.7. The van der Waals surface area contributed by atoms with E-state index in [1.165, 1.54) is 6.07 Å². The molecule has 7 nitrogen and oxygen atoms in total. The van der Waals surface area contributed by atoms with Crippen molar-refractivity contribution >= 4 is 43.8 Å². The summed E-state index contributed by atoms with van der Waals surface area (Å²) in [5.74, 6) is -0.910. The first-order valence-corrected chi connectivity index (χ1v) is 16.5. The lowest BCUT2D eigenvalue weighted by Crippen LogP contribution is -2.29. The molecular weight excluding hydrogens is 704 g/mol. The van der Waals surface area contributed by atoms with Crippen molar-refractivity contribution in [2.45, 2.75) is 32.6 Å². The number of ether oxygens (including phenoxy) is 4. The van der Waals surface area contributed by atoms with Gasteiger partial charge in [0.05, 0.1) is 25.2 Å². The molecule has 4 aromatic carbocycles. The minimum absolute atomic E-state index is 0.0496. The van der Waals surface area contributed by atoms with Crippen LogP contribution in [0.25, 0.3) is 11.1 Å². The van der Waals surface area contributed by atoms with Gasteiger partial charge in [0.15, 0.2) is 0 Å². The fourth-order valence-corrected chi connectivity index (χ4v) is 6.67. The highest BCUT2D eigenvalue weighted by atomic mass is 79.9. The molecule has 0 fully saturated rings. The molecular formula is C36H34Br2O7. The van der Waals surface area contributed by atoms with Gasteiger partial charge in [0.2, 0.25) is 0 Å². The number of phenols is 1. The van der Waals surface area contributed by atoms with Crippen molar-refractivity contribution in [1.82, 2.24) is 0 Å². The van der Waals surface area contributed by atoms with Crippen LogP contribution < -0.4 is 4.74 Å². The van der Waals surface area contributed by atoms with E-state index < -0.39 is 17.4 Å². The first-order valence-electron chi connectivity index (χ1n) is 14.9. The number of hydrogen-bond acceptors (Lipinski definition) is 7. The molecule has 0 radical (unpaired) electrons. The van der Waals surface area contributed by atoms with Crippen LogP contribution in [0, 0.1) is 0 Å². The van der Waals surface area contributed by atoms with Gasteiger partial charge in [0.1, 0.15) is 22.6 Å². The molecule has 0 amide bonds. The van der Waals surface area contributed by atoms with Crippen LogP contribution in [0.4, 0.5) is 0 Å². The van der Waals surface area contributed by atoms with Crippen LogP contribution in [0.15, 0.2) is 81.7 Å². The molecule has 1 aliphatic carbocycles. The summed E-state index contributed by atoms with van der Waals surface area (Å²) in [5.41, 5.74) is 4.66. The highest BCUT2D eigenvalue weighted by Gasteiger charge is 2.47. The third kappa shape index (κ3) is 6.26. The van der Waals surface area contributed by atoms with Crippen LogP contribution in [-0.2, 0) is 19.6 Å². The van der Waals surface area contributed by atoms with Gasteiger partial charge in [-0.05, 0) is 103 Å². The summed E-state index contributed by atoms with van der Waals surface area (Å²) in [5, 5.41) is 10.8. The Balaban J connectivity index is 1.81. The van der Waals surface area contributed by atoms with Gasteiger partial charge in [0, 0.05) is 28.6 Å². The quantitative estimate of drug-likeness (QED) is 0.102. The topological polar surface area (TPSA) is 91.3 Å². The minimum atomic E-state index is -1.01. The first kappa shape index (κ1) is 32.7. The van der Waals surface area contributed by atoms with Gasteiger partial charge in [0.25, 0.3) is 0 Å². The molecule has 0 atom stereocenters. The van der Waals surface area contributed by atoms with Crippen molar-refractivity contribution in [2.75, 3.05) is 33.0 Å². The number of benzene rings is 4. The summed E-state index contributed by atoms with van der Waals surface area (Å²) in [6.45, 7) is 7.31. The molecule has 234 valence electrons. The van der Waals surface area contributed by atoms with Gasteiger partial charge in [-0.2, -0.15) is 0 Å². The average molecular weight is 738 g/mol. The van der Waals surface area contributed by atoms with Crippen LogP contribution in [0.1, 0.15) is 70.2 Å². The lowest BCUT2D eigenvalue weighted by Gasteiger charge is -2.35. The maximum Gasteiger partial charge on any atom is 0.341 e. The summed E-state index contributed by atoms with van der Waals surface area (Å²) in [6.07, 6.45) is 0.661. The lowest BCUT2D eigenvalue weighted by atomic mass is 9.67. The van der Waals surface area contributed by atoms with E-state index in [9.17, 15) is 14.7 Å². The molecule has 0 bridgehead atoms. The Hall–Kier alpha value is -3.66. The monoisotopic (exact) mass is 736 g/mol. The zero-order valence-electron chi connectivity index (χ0n) is 25.3. The van der Waals surface area contributed by atoms with Gasteiger partial charge in [-0.25, -0.2) is 9.59 Å². The van der Waals surface area contributed by atoms with E-state index in [1.54, 1.807) is 32.0 Å². The Kier molecular flexibility index (Phi) is 10.3. The summed E-state index contributed by atoms with van der Waals surface area (Å²) in [6, 6.07) is 22.8. The maximum absolute atomic E-state index is 13.4. The van der Waals surface area contributed by atoms with Crippen molar-refractivity contribution in [2.24, 2.45) is 0 Å². The second-order valence-corrected chi connectivity index (χ2v) is 12.2. The third-order valence-corrected chi connectivity index (χ3v) is 8.78. The molecule has 0 heterocycles. The van der Waals surface area contributed by atoms with E-state index in [1.807, 2.05) is 31.2 Å². The number of carbonyl (C=O) groups excluding carboxylic acids is 2. The number of halogens is 2. The molecule has 0 unspecified atom stereocenters. The largest absolute Gasteiger partial charge is 0.507 e. The Morgan fingerprint density at radius 3 is 1.82 bits per heavy atom. The van der Waals surface area contributed by atoms with E-state index in [0.29, 0.717) is 37.6 Å². The molecule has 0 aliphatic heterocycles. The van der Waals surface area contributed by atoms with Crippen molar-refractivity contribution in [3.63, 3.8) is 0 Å². The lowest BCUT2D eigenvalue weighted by molar-refractivity contribution is 0.0512. The van der Waals surface area contributed by atoms with Gasteiger partial charge in [-0.15, -0.1) is 0 Å². The molecule has 45 heavy (non-hydrogen) atoms. The van der Waals surface area contributed by atoms with E-state index in [-0.39, 0.29) is 30.1 Å². The van der Waals surface area contributed by atoms with Crippen molar-refractivity contribution in [3.8, 4) is 22.6 Å². The maximum atomic E-state index is 13.4. The minimum Gasteiger partial charge on any atom is -0.507 e. The fourth-order valence-electron chi connectivity index (χ4n) is 5.94. The first-order chi connectivity index (χ1) is 21.8. The summed E-state index contributed by atoms with van der Waals surface area (Å²) in [7, 11) is 0. The Labute approximate surface area is 279 Å². The fraction of sp³-hybridized carbons (Fsp3) is 0.278. The van der Waals surface area contributed by atoms with Gasteiger partial charge < -0.3 is 24.1 Å². The summed E-state index contributed by atoms with van der Waals surface area (Å²) >= 11 is 7.36. The molecule has 0 aromatic heterocycles. The molecule has 9 heteroatoms. The van der Waals surface area contributed by atoms with Crippen molar-refractivity contribution in [3.05, 3.63) is 115 Å². The van der Waals surface area contributed by atoms with Gasteiger partial charge in [-0.1, -0.05) is 56.1 Å². The second-order valence-electron chi connectivity index (χ2n) is 10.4. The zero-order valence-corrected chi connectivity index (χ0v) is 28.5. The van der Waals surface area contributed by atoms with Crippen LogP contribution in [0.3, 0.4) is 0 Å². The number of aromatic hydroxyl groups is 1. The molecule has 1 aliphatic rings. The highest BCUT2D eigenvalue weighted by Crippen LogP contribution is 2.57. The van der Waals surface area contributed by atoms with Gasteiger partial charge in [-0.3, -0.25) is 0 Å². The SMILES string of the molecule is CCOCCCOc1ccc(C2(c3ccc(O)c(C(=O)OCC)c3)c3cc(Br)ccc3-c3ccc(Br)cc32)cc1C(=O)OCC. The summed E-state index contributed by atoms with van der Waals surface area (Å²) in [4.78, 5) is 26.4. The second kappa shape index (κ2) is 14.2. The van der Waals surface area contributed by atoms with Crippen LogP contribution >= 0.6 is 31.9 Å². The Morgan fingerprint density at radius 1 is 0.689 bits per heavy atom. The molecule has 5 rings (SSSR count). The van der Waals surface area contributed by atoms with Crippen molar-refractivity contribution < 1.29 is 33.6 Å². The number of fused-ring (bicyclic) bond motifs is 3. The van der Waals surface area contributed by atoms with E-state index in [2.05, 4.69) is 56.1 Å². The standard InChI is InChI=1S/C36H34Br2O7/c1-4-42-16-7-17-45-33-15-9-23(19-29(33)35(41)44-6-3)36(22-8-14-32(39)28(18-22)34(40)43-5-2)30-20-24(37)10-12-26(30)27-13-11-25(38)21-31(27)36/h8-15,18-21,39H,4-7,16-17H2,1-3H3. The Bertz CT molecular complexity index is 1680. The van der Waals surface area contributed by atoms with E-state index in [0.717, 1.165) is 36.8 Å². The Morgan fingerprint density at radius 2 is 1.24 bits per heavy atom. The number of phenolic OH excluding ortho intramolecular Hbond substituents is 1. The number of hydrogen-bond donors (Lipinski definition) is 1. The van der Waals surface area contributed by atoms with E-state index in [4.69, 9.17) is 18.9 Å². The number of carbonyl (C=O) groups is 2. The molecule has 1 N–H and O–H groups in total. The van der Waals surface area contributed by atoms with Crippen LogP contribution in [0.2, 0.25) is 0 Å². The van der Waals surface area contributed by atoms with E-state index >= 15 is 0 Å². The predicted molar refractivity (Wildman–Crippen MR) is 179 cm³/mol. The summed E-state index contributed by atoms with van der Waals surface area (Å²) < 4.78 is 24.0. The number of esters is 2.